The molecule has 6 nitrogen and oxygen atoms in total. The molecule has 0 spiro atoms. The van der Waals surface area contributed by atoms with Crippen molar-refractivity contribution in [2.24, 2.45) is 0 Å². The summed E-state index contributed by atoms with van der Waals surface area (Å²) in [5, 5.41) is 0. The van der Waals surface area contributed by atoms with E-state index in [0.717, 1.165) is 30.1 Å². The molecule has 6 heteroatoms. The van der Waals surface area contributed by atoms with Crippen LogP contribution in [0.4, 0.5) is 5.69 Å². The Morgan fingerprint density at radius 3 is 2.55 bits per heavy atom. The van der Waals surface area contributed by atoms with Gasteiger partial charge in [0, 0.05) is 25.7 Å². The van der Waals surface area contributed by atoms with Crippen molar-refractivity contribution in [1.82, 2.24) is 4.90 Å². The predicted octanol–water partition coefficient (Wildman–Crippen LogP) is 3.46. The second-order valence-electron chi connectivity index (χ2n) is 6.94. The van der Waals surface area contributed by atoms with Gasteiger partial charge in [-0.2, -0.15) is 0 Å². The second kappa shape index (κ2) is 9.37. The highest BCUT2D eigenvalue weighted by molar-refractivity contribution is 5.91. The first-order valence-corrected chi connectivity index (χ1v) is 9.71. The topological polar surface area (TPSA) is 51.2 Å². The highest BCUT2D eigenvalue weighted by Gasteiger charge is 2.26. The average molecular weight is 396 g/mol. The van der Waals surface area contributed by atoms with E-state index >= 15 is 0 Å². The van der Waals surface area contributed by atoms with Crippen LogP contribution < -0.4 is 19.1 Å². The minimum absolute atomic E-state index is 0.0795. The quantitative estimate of drug-likeness (QED) is 0.671. The molecule has 3 rings (SSSR count). The van der Waals surface area contributed by atoms with Gasteiger partial charge in [-0.05, 0) is 42.8 Å². The van der Waals surface area contributed by atoms with Crippen LogP contribution in [0.2, 0.25) is 0 Å². The van der Waals surface area contributed by atoms with Crippen molar-refractivity contribution in [3.63, 3.8) is 0 Å². The van der Waals surface area contributed by atoms with E-state index in [-0.39, 0.29) is 12.0 Å². The van der Waals surface area contributed by atoms with Gasteiger partial charge >= 0.3 is 0 Å². The Morgan fingerprint density at radius 1 is 1.21 bits per heavy atom. The van der Waals surface area contributed by atoms with Crippen LogP contribution in [0.1, 0.15) is 12.5 Å². The van der Waals surface area contributed by atoms with Crippen LogP contribution in [0, 0.1) is 0 Å². The fraction of sp³-hybridized carbons (Fsp3) is 0.348. The Bertz CT molecular complexity index is 859. The summed E-state index contributed by atoms with van der Waals surface area (Å²) in [7, 11) is 4.99. The van der Waals surface area contributed by atoms with E-state index in [2.05, 4.69) is 17.9 Å². The Morgan fingerprint density at radius 2 is 1.90 bits per heavy atom. The first kappa shape index (κ1) is 20.6. The molecule has 154 valence electrons. The van der Waals surface area contributed by atoms with Gasteiger partial charge < -0.3 is 24.0 Å². The highest BCUT2D eigenvalue weighted by atomic mass is 16.5. The van der Waals surface area contributed by atoms with Crippen LogP contribution in [0.15, 0.2) is 48.5 Å². The number of fused-ring (bicyclic) bond motifs is 1. The number of rotatable bonds is 7. The van der Waals surface area contributed by atoms with Gasteiger partial charge in [-0.1, -0.05) is 12.1 Å². The summed E-state index contributed by atoms with van der Waals surface area (Å²) in [6.07, 6.45) is 3.24. The molecule has 0 fully saturated rings. The van der Waals surface area contributed by atoms with E-state index in [1.165, 1.54) is 0 Å². The summed E-state index contributed by atoms with van der Waals surface area (Å²) in [5.41, 5.74) is 1.94. The van der Waals surface area contributed by atoms with Crippen molar-refractivity contribution in [1.29, 1.82) is 0 Å². The van der Waals surface area contributed by atoms with Crippen molar-refractivity contribution >= 4 is 17.7 Å². The molecule has 0 N–H and O–H groups in total. The van der Waals surface area contributed by atoms with E-state index < -0.39 is 0 Å². The van der Waals surface area contributed by atoms with Crippen LogP contribution in [-0.2, 0) is 4.79 Å². The van der Waals surface area contributed by atoms with Crippen LogP contribution in [0.3, 0.4) is 0 Å². The lowest BCUT2D eigenvalue weighted by molar-refractivity contribution is -0.125. The largest absolute Gasteiger partial charge is 0.497 e. The Kier molecular flexibility index (Phi) is 6.65. The molecular weight excluding hydrogens is 368 g/mol. The van der Waals surface area contributed by atoms with Crippen molar-refractivity contribution in [3.8, 4) is 17.2 Å². The molecule has 29 heavy (non-hydrogen) atoms. The van der Waals surface area contributed by atoms with Crippen LogP contribution in [0.5, 0.6) is 17.2 Å². The number of hydrogen-bond acceptors (Lipinski definition) is 5. The van der Waals surface area contributed by atoms with Gasteiger partial charge in [-0.25, -0.2) is 0 Å². The maximum atomic E-state index is 12.6. The summed E-state index contributed by atoms with van der Waals surface area (Å²) in [6.45, 7) is 4.28. The van der Waals surface area contributed by atoms with Gasteiger partial charge in [0.05, 0.1) is 33.0 Å². The number of ether oxygens (including phenoxy) is 3. The number of anilines is 1. The number of methoxy groups -OCH3 is 2. The van der Waals surface area contributed by atoms with Gasteiger partial charge in [0.1, 0.15) is 23.4 Å². The number of amides is 1. The van der Waals surface area contributed by atoms with Gasteiger partial charge in [-0.3, -0.25) is 4.79 Å². The van der Waals surface area contributed by atoms with E-state index in [9.17, 15) is 4.79 Å². The monoisotopic (exact) mass is 396 g/mol. The summed E-state index contributed by atoms with van der Waals surface area (Å²) in [5.74, 6) is 2.14. The molecule has 2 aromatic rings. The molecule has 0 aliphatic carbocycles. The Balaban J connectivity index is 1.65. The highest BCUT2D eigenvalue weighted by Crippen LogP contribution is 2.32. The molecule has 1 aliphatic rings. The number of para-hydroxylation sites is 2. The molecule has 0 saturated heterocycles. The molecule has 0 radical (unpaired) electrons. The first-order chi connectivity index (χ1) is 14.0. The molecule has 1 aliphatic heterocycles. The average Bonchev–Trinajstić information content (AvgIpc) is 2.76. The number of hydrogen-bond donors (Lipinski definition) is 0. The molecule has 0 saturated carbocycles. The molecule has 0 unspecified atom stereocenters. The fourth-order valence-corrected chi connectivity index (χ4v) is 3.39. The molecule has 0 aromatic heterocycles. The minimum Gasteiger partial charge on any atom is -0.497 e. The lowest BCUT2D eigenvalue weighted by Gasteiger charge is -2.37. The van der Waals surface area contributed by atoms with Gasteiger partial charge in [0.2, 0.25) is 5.91 Å². The summed E-state index contributed by atoms with van der Waals surface area (Å²) < 4.78 is 16.7. The second-order valence-corrected chi connectivity index (χ2v) is 6.94. The normalized spacial score (nSPS) is 15.6. The van der Waals surface area contributed by atoms with Gasteiger partial charge in [-0.15, -0.1) is 0 Å². The number of likely N-dealkylation sites (N-methyl/N-ethyl adjacent to an activating group) is 2. The zero-order chi connectivity index (χ0) is 20.8. The van der Waals surface area contributed by atoms with Crippen molar-refractivity contribution < 1.29 is 19.0 Å². The first-order valence-electron chi connectivity index (χ1n) is 9.71. The Labute approximate surface area is 172 Å². The molecule has 2 aromatic carbocycles. The van der Waals surface area contributed by atoms with Crippen LogP contribution >= 0.6 is 0 Å². The van der Waals surface area contributed by atoms with Gasteiger partial charge in [0.25, 0.3) is 0 Å². The van der Waals surface area contributed by atoms with E-state index in [4.69, 9.17) is 14.2 Å². The maximum Gasteiger partial charge on any atom is 0.246 e. The lowest BCUT2D eigenvalue weighted by atomic mass is 10.1. The lowest BCUT2D eigenvalue weighted by Crippen LogP contribution is -2.46. The molecule has 0 bridgehead atoms. The minimum atomic E-state index is -0.0858. The third-order valence-electron chi connectivity index (χ3n) is 4.95. The van der Waals surface area contributed by atoms with Crippen LogP contribution in [-0.4, -0.2) is 57.8 Å². The summed E-state index contributed by atoms with van der Waals surface area (Å²) >= 11 is 0. The fourth-order valence-electron chi connectivity index (χ4n) is 3.39. The number of benzene rings is 2. The molecule has 1 amide bonds. The Hall–Kier alpha value is -3.15. The smallest absolute Gasteiger partial charge is 0.246 e. The molecular formula is C23H28N2O4. The predicted molar refractivity (Wildman–Crippen MR) is 115 cm³/mol. The maximum absolute atomic E-state index is 12.6. The van der Waals surface area contributed by atoms with Crippen LogP contribution in [0.25, 0.3) is 6.08 Å². The van der Waals surface area contributed by atoms with Crippen molar-refractivity contribution in [2.75, 3.05) is 45.8 Å². The zero-order valence-electron chi connectivity index (χ0n) is 17.4. The third kappa shape index (κ3) is 5.02. The zero-order valence-corrected chi connectivity index (χ0v) is 17.4. The molecule has 1 heterocycles. The SMILES string of the molecule is CCN1C[C@H](CN(C)C(=O)/C=C/c2cc(OC)cc(OC)c2)Oc2ccccc21. The van der Waals surface area contributed by atoms with Crippen molar-refractivity contribution in [2.45, 2.75) is 13.0 Å². The third-order valence-corrected chi connectivity index (χ3v) is 4.95. The van der Waals surface area contributed by atoms with E-state index in [1.807, 2.05) is 30.3 Å². The van der Waals surface area contributed by atoms with E-state index in [0.29, 0.717) is 18.0 Å². The van der Waals surface area contributed by atoms with E-state index in [1.54, 1.807) is 44.4 Å². The van der Waals surface area contributed by atoms with Crippen molar-refractivity contribution in [3.05, 3.63) is 54.1 Å². The number of carbonyl (C=O) groups is 1. The van der Waals surface area contributed by atoms with Gasteiger partial charge in [0.15, 0.2) is 0 Å². The summed E-state index contributed by atoms with van der Waals surface area (Å²) in [4.78, 5) is 16.6. The number of nitrogens with zero attached hydrogens (tertiary/aromatic N) is 2. The summed E-state index contributed by atoms with van der Waals surface area (Å²) in [6, 6.07) is 13.5. The standard InChI is InChI=1S/C23H28N2O4/c1-5-25-16-20(29-22-9-7-6-8-21(22)25)15-24(2)23(26)11-10-17-12-18(27-3)14-19(13-17)28-4/h6-14,20H,5,15-16H2,1-4H3/b11-10+/t20-/m0/s1. The molecule has 1 atom stereocenters. The number of carbonyl (C=O) groups excluding carboxylic acids is 1.